The van der Waals surface area contributed by atoms with Crippen LogP contribution in [-0.2, 0) is 11.3 Å². The van der Waals surface area contributed by atoms with Crippen molar-refractivity contribution in [2.75, 3.05) is 31.7 Å². The molecule has 0 saturated carbocycles. The first-order chi connectivity index (χ1) is 12.9. The van der Waals surface area contributed by atoms with Gasteiger partial charge in [0.25, 0.3) is 0 Å². The predicted octanol–water partition coefficient (Wildman–Crippen LogP) is 4.10. The Kier molecular flexibility index (Phi) is 6.99. The molecule has 0 fully saturated rings. The van der Waals surface area contributed by atoms with Crippen LogP contribution in [0.25, 0.3) is 0 Å². The maximum absolute atomic E-state index is 5.76. The fourth-order valence-corrected chi connectivity index (χ4v) is 2.39. The van der Waals surface area contributed by atoms with Gasteiger partial charge in [0.1, 0.15) is 24.7 Å². The quantitative estimate of drug-likeness (QED) is 0.510. The molecule has 0 bridgehead atoms. The topological polar surface area (TPSA) is 55.5 Å². The molecule has 5 nitrogen and oxygen atoms in total. The molecule has 136 valence electrons. The smallest absolute Gasteiger partial charge is 0.120 e. The minimum Gasteiger partial charge on any atom is -0.491 e. The van der Waals surface area contributed by atoms with Crippen molar-refractivity contribution in [3.05, 3.63) is 78.6 Å². The van der Waals surface area contributed by atoms with Crippen molar-refractivity contribution in [1.29, 1.82) is 0 Å². The van der Waals surface area contributed by atoms with Crippen LogP contribution in [-0.4, -0.2) is 31.3 Å². The monoisotopic (exact) mass is 352 g/mol. The minimum atomic E-state index is 0.522. The third kappa shape index (κ3) is 6.18. The molecule has 0 atom stereocenters. The number of H-pyrrole nitrogens is 1. The van der Waals surface area contributed by atoms with Gasteiger partial charge in [0.15, 0.2) is 0 Å². The van der Waals surface area contributed by atoms with E-state index < -0.39 is 0 Å². The lowest BCUT2D eigenvalue weighted by molar-refractivity contribution is 0.107. The van der Waals surface area contributed by atoms with Crippen molar-refractivity contribution in [3.63, 3.8) is 0 Å². The summed E-state index contributed by atoms with van der Waals surface area (Å²) in [5, 5.41) is 3.25. The fourth-order valence-electron chi connectivity index (χ4n) is 2.39. The molecule has 1 aromatic heterocycles. The number of hydrogen-bond donors (Lipinski definition) is 2. The van der Waals surface area contributed by atoms with Gasteiger partial charge in [-0.05, 0) is 35.9 Å². The van der Waals surface area contributed by atoms with E-state index in [0.29, 0.717) is 26.4 Å². The molecule has 3 aromatic rings. The Bertz CT molecular complexity index is 728. The highest BCUT2D eigenvalue weighted by Crippen LogP contribution is 2.18. The Labute approximate surface area is 153 Å². The van der Waals surface area contributed by atoms with E-state index in [4.69, 9.17) is 14.2 Å². The number of ether oxygens (including phenoxy) is 3. The predicted molar refractivity (Wildman–Crippen MR) is 103 cm³/mol. The van der Waals surface area contributed by atoms with Gasteiger partial charge in [-0.1, -0.05) is 30.3 Å². The molecule has 0 aliphatic rings. The average Bonchev–Trinajstić information content (AvgIpc) is 3.21. The van der Waals surface area contributed by atoms with Crippen LogP contribution in [0.4, 0.5) is 5.69 Å². The SMILES string of the molecule is c1ccc(COc2ccc(OCCOCCNc3cc[nH]c3)cc2)cc1. The van der Waals surface area contributed by atoms with E-state index in [-0.39, 0.29) is 0 Å². The van der Waals surface area contributed by atoms with Crippen LogP contribution in [0.1, 0.15) is 5.56 Å². The Morgan fingerprint density at radius 3 is 2.27 bits per heavy atom. The molecular formula is C21H24N2O3. The number of aromatic nitrogens is 1. The average molecular weight is 352 g/mol. The van der Waals surface area contributed by atoms with Crippen LogP contribution in [0.3, 0.4) is 0 Å². The van der Waals surface area contributed by atoms with Crippen LogP contribution in [0, 0.1) is 0 Å². The van der Waals surface area contributed by atoms with Crippen molar-refractivity contribution in [2.24, 2.45) is 0 Å². The molecular weight excluding hydrogens is 328 g/mol. The summed E-state index contributed by atoms with van der Waals surface area (Å²) in [6, 6.07) is 19.7. The second kappa shape index (κ2) is 10.2. The van der Waals surface area contributed by atoms with E-state index >= 15 is 0 Å². The molecule has 0 unspecified atom stereocenters. The van der Waals surface area contributed by atoms with Crippen molar-refractivity contribution < 1.29 is 14.2 Å². The molecule has 0 spiro atoms. The number of benzene rings is 2. The van der Waals surface area contributed by atoms with Gasteiger partial charge < -0.3 is 24.5 Å². The molecule has 2 N–H and O–H groups in total. The summed E-state index contributed by atoms with van der Waals surface area (Å²) in [6.07, 6.45) is 3.80. The Morgan fingerprint density at radius 2 is 1.54 bits per heavy atom. The zero-order valence-corrected chi connectivity index (χ0v) is 14.7. The highest BCUT2D eigenvalue weighted by atomic mass is 16.5. The first kappa shape index (κ1) is 17.9. The van der Waals surface area contributed by atoms with Crippen molar-refractivity contribution in [3.8, 4) is 11.5 Å². The molecule has 0 aliphatic heterocycles. The first-order valence-corrected chi connectivity index (χ1v) is 8.74. The maximum Gasteiger partial charge on any atom is 0.120 e. The number of hydrogen-bond acceptors (Lipinski definition) is 4. The Morgan fingerprint density at radius 1 is 0.769 bits per heavy atom. The number of nitrogens with one attached hydrogen (secondary N) is 2. The Hall–Kier alpha value is -2.92. The number of aromatic amines is 1. The van der Waals surface area contributed by atoms with Crippen LogP contribution in [0.15, 0.2) is 73.1 Å². The summed E-state index contributed by atoms with van der Waals surface area (Å²) >= 11 is 0. The second-order valence-electron chi connectivity index (χ2n) is 5.73. The zero-order valence-electron chi connectivity index (χ0n) is 14.7. The van der Waals surface area contributed by atoms with Crippen LogP contribution >= 0.6 is 0 Å². The minimum absolute atomic E-state index is 0.522. The summed E-state index contributed by atoms with van der Waals surface area (Å²) in [6.45, 7) is 3.05. The van der Waals surface area contributed by atoms with Crippen molar-refractivity contribution in [1.82, 2.24) is 4.98 Å². The van der Waals surface area contributed by atoms with E-state index in [9.17, 15) is 0 Å². The van der Waals surface area contributed by atoms with Gasteiger partial charge in [-0.2, -0.15) is 0 Å². The lowest BCUT2D eigenvalue weighted by Gasteiger charge is -2.09. The molecule has 26 heavy (non-hydrogen) atoms. The van der Waals surface area contributed by atoms with Crippen molar-refractivity contribution in [2.45, 2.75) is 6.61 Å². The summed E-state index contributed by atoms with van der Waals surface area (Å²) in [7, 11) is 0. The highest BCUT2D eigenvalue weighted by molar-refractivity contribution is 5.40. The molecule has 2 aromatic carbocycles. The van der Waals surface area contributed by atoms with Crippen molar-refractivity contribution >= 4 is 5.69 Å². The van der Waals surface area contributed by atoms with Gasteiger partial charge in [0, 0.05) is 18.9 Å². The largest absolute Gasteiger partial charge is 0.491 e. The van der Waals surface area contributed by atoms with Crippen LogP contribution < -0.4 is 14.8 Å². The molecule has 0 saturated heterocycles. The van der Waals surface area contributed by atoms with E-state index in [2.05, 4.69) is 10.3 Å². The first-order valence-electron chi connectivity index (χ1n) is 8.74. The molecule has 5 heteroatoms. The third-order valence-corrected chi connectivity index (χ3v) is 3.74. The maximum atomic E-state index is 5.76. The van der Waals surface area contributed by atoms with Crippen LogP contribution in [0.5, 0.6) is 11.5 Å². The van der Waals surface area contributed by atoms with Gasteiger partial charge >= 0.3 is 0 Å². The summed E-state index contributed by atoms with van der Waals surface area (Å²) in [4.78, 5) is 3.00. The molecule has 1 heterocycles. The summed E-state index contributed by atoms with van der Waals surface area (Å²) < 4.78 is 17.0. The van der Waals surface area contributed by atoms with E-state index in [1.54, 1.807) is 0 Å². The van der Waals surface area contributed by atoms with E-state index in [1.807, 2.05) is 73.1 Å². The standard InChI is InChI=1S/C21H24N2O3/c1-2-4-18(5-3-1)17-26-21-8-6-20(7-9-21)25-15-14-24-13-12-23-19-10-11-22-16-19/h1-11,16,22-23H,12-15,17H2. The van der Waals surface area contributed by atoms with Gasteiger partial charge in [-0.3, -0.25) is 0 Å². The third-order valence-electron chi connectivity index (χ3n) is 3.74. The lowest BCUT2D eigenvalue weighted by atomic mass is 10.2. The fraction of sp³-hybridized carbons (Fsp3) is 0.238. The normalized spacial score (nSPS) is 10.5. The second-order valence-corrected chi connectivity index (χ2v) is 5.73. The molecule has 3 rings (SSSR count). The molecule has 0 aliphatic carbocycles. The van der Waals surface area contributed by atoms with Gasteiger partial charge in [0.05, 0.1) is 18.9 Å². The van der Waals surface area contributed by atoms with E-state index in [0.717, 1.165) is 29.3 Å². The Balaban J connectivity index is 1.27. The number of rotatable bonds is 11. The number of anilines is 1. The van der Waals surface area contributed by atoms with E-state index in [1.165, 1.54) is 0 Å². The highest BCUT2D eigenvalue weighted by Gasteiger charge is 1.98. The summed E-state index contributed by atoms with van der Waals surface area (Å²) in [5.74, 6) is 1.64. The van der Waals surface area contributed by atoms with Crippen LogP contribution in [0.2, 0.25) is 0 Å². The van der Waals surface area contributed by atoms with Gasteiger partial charge in [-0.25, -0.2) is 0 Å². The van der Waals surface area contributed by atoms with Gasteiger partial charge in [-0.15, -0.1) is 0 Å². The zero-order chi connectivity index (χ0) is 17.9. The lowest BCUT2D eigenvalue weighted by Crippen LogP contribution is -2.13. The molecule has 0 radical (unpaired) electrons. The molecule has 0 amide bonds. The van der Waals surface area contributed by atoms with Gasteiger partial charge in [0.2, 0.25) is 0 Å². The summed E-state index contributed by atoms with van der Waals surface area (Å²) in [5.41, 5.74) is 2.22.